The molecule has 0 aromatic rings. The standard InChI is InChI=1S/C5H11N.2C4H9NO/c1-2-4-6-5-3-1;2*1-3-6-4-2-5-1/h6H,1-5H2;2*5H,1-4H2. The molecular weight excluding hydrogens is 230 g/mol. The summed E-state index contributed by atoms with van der Waals surface area (Å²) < 4.78 is 10.0. The van der Waals surface area contributed by atoms with Crippen molar-refractivity contribution in [1.82, 2.24) is 16.0 Å². The van der Waals surface area contributed by atoms with Crippen molar-refractivity contribution in [2.24, 2.45) is 0 Å². The van der Waals surface area contributed by atoms with E-state index in [9.17, 15) is 0 Å². The Morgan fingerprint density at radius 3 is 0.944 bits per heavy atom. The molecule has 0 aromatic carbocycles. The third kappa shape index (κ3) is 10.9. The monoisotopic (exact) mass is 259 g/mol. The first-order valence-corrected chi connectivity index (χ1v) is 7.28. The lowest BCUT2D eigenvalue weighted by molar-refractivity contribution is 0.109. The summed E-state index contributed by atoms with van der Waals surface area (Å²) in [5.41, 5.74) is 0. The average molecular weight is 259 g/mol. The van der Waals surface area contributed by atoms with Gasteiger partial charge in [0.1, 0.15) is 0 Å². The third-order valence-electron chi connectivity index (χ3n) is 2.90. The molecule has 3 heterocycles. The predicted molar refractivity (Wildman–Crippen MR) is 74.1 cm³/mol. The van der Waals surface area contributed by atoms with Crippen LogP contribution in [0.3, 0.4) is 0 Å². The summed E-state index contributed by atoms with van der Waals surface area (Å²) in [6, 6.07) is 0. The van der Waals surface area contributed by atoms with Crippen molar-refractivity contribution < 1.29 is 9.47 Å². The van der Waals surface area contributed by atoms with E-state index in [1.807, 2.05) is 0 Å². The van der Waals surface area contributed by atoms with Crippen LogP contribution in [0.5, 0.6) is 0 Å². The minimum atomic E-state index is 0.889. The molecule has 5 nitrogen and oxygen atoms in total. The van der Waals surface area contributed by atoms with E-state index >= 15 is 0 Å². The molecule has 18 heavy (non-hydrogen) atoms. The Balaban J connectivity index is 0.000000135. The molecule has 0 bridgehead atoms. The molecule has 3 fully saturated rings. The highest BCUT2D eigenvalue weighted by molar-refractivity contribution is 4.55. The number of piperidine rings is 1. The van der Waals surface area contributed by atoms with Gasteiger partial charge in [-0.25, -0.2) is 0 Å². The first-order chi connectivity index (χ1) is 9.00. The fraction of sp³-hybridized carbons (Fsp3) is 1.00. The van der Waals surface area contributed by atoms with Gasteiger partial charge in [0.05, 0.1) is 26.4 Å². The molecule has 0 spiro atoms. The fourth-order valence-corrected chi connectivity index (χ4v) is 1.83. The zero-order valence-corrected chi connectivity index (χ0v) is 11.5. The maximum atomic E-state index is 5.01. The normalized spacial score (nSPS) is 24.0. The van der Waals surface area contributed by atoms with Crippen LogP contribution in [0.25, 0.3) is 0 Å². The highest BCUT2D eigenvalue weighted by atomic mass is 16.5. The van der Waals surface area contributed by atoms with E-state index in [2.05, 4.69) is 16.0 Å². The summed E-state index contributed by atoms with van der Waals surface area (Å²) in [6.45, 7) is 10.2. The fourth-order valence-electron chi connectivity index (χ4n) is 1.83. The van der Waals surface area contributed by atoms with Gasteiger partial charge in [-0.05, 0) is 25.9 Å². The maximum Gasteiger partial charge on any atom is 0.0591 e. The van der Waals surface area contributed by atoms with Gasteiger partial charge in [-0.2, -0.15) is 0 Å². The Kier molecular flexibility index (Phi) is 11.7. The second-order valence-corrected chi connectivity index (χ2v) is 4.54. The van der Waals surface area contributed by atoms with Crippen LogP contribution < -0.4 is 16.0 Å². The van der Waals surface area contributed by atoms with Crippen molar-refractivity contribution in [3.05, 3.63) is 0 Å². The van der Waals surface area contributed by atoms with Gasteiger partial charge in [-0.3, -0.25) is 0 Å². The molecule has 5 heteroatoms. The van der Waals surface area contributed by atoms with Crippen LogP contribution in [0.2, 0.25) is 0 Å². The second kappa shape index (κ2) is 13.2. The van der Waals surface area contributed by atoms with Gasteiger partial charge >= 0.3 is 0 Å². The molecule has 0 unspecified atom stereocenters. The summed E-state index contributed by atoms with van der Waals surface area (Å²) in [7, 11) is 0. The first kappa shape index (κ1) is 15.9. The van der Waals surface area contributed by atoms with Crippen molar-refractivity contribution in [3.63, 3.8) is 0 Å². The van der Waals surface area contributed by atoms with E-state index in [1.54, 1.807) is 0 Å². The lowest BCUT2D eigenvalue weighted by atomic mass is 10.2. The van der Waals surface area contributed by atoms with Crippen molar-refractivity contribution in [2.75, 3.05) is 65.7 Å². The number of morpholine rings is 2. The van der Waals surface area contributed by atoms with Crippen LogP contribution in [0.4, 0.5) is 0 Å². The number of nitrogens with one attached hydrogen (secondary N) is 3. The molecule has 0 saturated carbocycles. The molecule has 0 radical (unpaired) electrons. The first-order valence-electron chi connectivity index (χ1n) is 7.28. The summed E-state index contributed by atoms with van der Waals surface area (Å²) in [5, 5.41) is 9.60. The SMILES string of the molecule is C1CCNCC1.C1COCCN1.C1COCCN1. The Morgan fingerprint density at radius 1 is 0.444 bits per heavy atom. The van der Waals surface area contributed by atoms with Crippen LogP contribution in [-0.2, 0) is 9.47 Å². The van der Waals surface area contributed by atoms with Gasteiger partial charge in [-0.1, -0.05) is 6.42 Å². The van der Waals surface area contributed by atoms with Crippen LogP contribution in [-0.4, -0.2) is 65.7 Å². The molecule has 3 aliphatic heterocycles. The molecule has 3 rings (SSSR count). The van der Waals surface area contributed by atoms with Crippen molar-refractivity contribution in [2.45, 2.75) is 19.3 Å². The summed E-state index contributed by atoms with van der Waals surface area (Å²) in [4.78, 5) is 0. The van der Waals surface area contributed by atoms with Crippen LogP contribution in [0, 0.1) is 0 Å². The van der Waals surface area contributed by atoms with Gasteiger partial charge in [0.15, 0.2) is 0 Å². The smallest absolute Gasteiger partial charge is 0.0591 e. The van der Waals surface area contributed by atoms with E-state index in [4.69, 9.17) is 9.47 Å². The molecule has 0 aromatic heterocycles. The van der Waals surface area contributed by atoms with Gasteiger partial charge in [0.2, 0.25) is 0 Å². The van der Waals surface area contributed by atoms with Gasteiger partial charge in [0, 0.05) is 26.2 Å². The minimum Gasteiger partial charge on any atom is -0.379 e. The molecule has 3 saturated heterocycles. The Labute approximate surface area is 111 Å². The second-order valence-electron chi connectivity index (χ2n) is 4.54. The van der Waals surface area contributed by atoms with E-state index in [-0.39, 0.29) is 0 Å². The Hall–Kier alpha value is -0.200. The van der Waals surface area contributed by atoms with Gasteiger partial charge in [0.25, 0.3) is 0 Å². The van der Waals surface area contributed by atoms with Gasteiger partial charge in [-0.15, -0.1) is 0 Å². The topological polar surface area (TPSA) is 54.5 Å². The van der Waals surface area contributed by atoms with E-state index in [0.717, 1.165) is 52.6 Å². The lowest BCUT2D eigenvalue weighted by Gasteiger charge is -2.10. The zero-order chi connectivity index (χ0) is 12.7. The summed E-state index contributed by atoms with van der Waals surface area (Å²) >= 11 is 0. The largest absolute Gasteiger partial charge is 0.379 e. The van der Waals surface area contributed by atoms with E-state index < -0.39 is 0 Å². The maximum absolute atomic E-state index is 5.01. The summed E-state index contributed by atoms with van der Waals surface area (Å²) in [5.74, 6) is 0. The predicted octanol–water partition coefficient (Wildman–Crippen LogP) is -0.0277. The molecule has 0 aliphatic carbocycles. The van der Waals surface area contributed by atoms with E-state index in [0.29, 0.717) is 0 Å². The number of ether oxygens (including phenoxy) is 2. The van der Waals surface area contributed by atoms with Gasteiger partial charge < -0.3 is 25.4 Å². The van der Waals surface area contributed by atoms with Crippen LogP contribution in [0.1, 0.15) is 19.3 Å². The minimum absolute atomic E-state index is 0.889. The van der Waals surface area contributed by atoms with Crippen molar-refractivity contribution >= 4 is 0 Å². The molecule has 3 N–H and O–H groups in total. The number of hydrogen-bond donors (Lipinski definition) is 3. The highest BCUT2D eigenvalue weighted by Crippen LogP contribution is 1.96. The summed E-state index contributed by atoms with van der Waals surface area (Å²) in [6.07, 6.45) is 4.22. The molecule has 0 amide bonds. The number of rotatable bonds is 0. The zero-order valence-electron chi connectivity index (χ0n) is 11.5. The van der Waals surface area contributed by atoms with Crippen LogP contribution >= 0.6 is 0 Å². The van der Waals surface area contributed by atoms with Crippen molar-refractivity contribution in [1.29, 1.82) is 0 Å². The van der Waals surface area contributed by atoms with Crippen LogP contribution in [0.15, 0.2) is 0 Å². The quantitative estimate of drug-likeness (QED) is 0.570. The Bertz CT molecular complexity index is 95.3. The average Bonchev–Trinajstić information content (AvgIpc) is 2.54. The van der Waals surface area contributed by atoms with Crippen molar-refractivity contribution in [3.8, 4) is 0 Å². The molecular formula is C13H29N3O2. The highest BCUT2D eigenvalue weighted by Gasteiger charge is 1.94. The third-order valence-corrected chi connectivity index (χ3v) is 2.90. The molecule has 0 atom stereocenters. The lowest BCUT2D eigenvalue weighted by Crippen LogP contribution is -2.30. The van der Waals surface area contributed by atoms with E-state index in [1.165, 1.54) is 32.4 Å². The Morgan fingerprint density at radius 2 is 0.833 bits per heavy atom. The number of hydrogen-bond acceptors (Lipinski definition) is 5. The molecule has 3 aliphatic rings. The molecule has 108 valence electrons.